The smallest absolute Gasteiger partial charge is 0.334 e. The number of aromatic nitrogens is 2. The third-order valence-corrected chi connectivity index (χ3v) is 3.20. The molecule has 7 nitrogen and oxygen atoms in total. The number of ether oxygens (including phenoxy) is 1. The average molecular weight is 267 g/mol. The number of nitrogens with one attached hydrogen (secondary N) is 1. The summed E-state index contributed by atoms with van der Waals surface area (Å²) in [7, 11) is 3.10. The van der Waals surface area contributed by atoms with Crippen LogP contribution in [0.3, 0.4) is 0 Å². The van der Waals surface area contributed by atoms with E-state index in [1.54, 1.807) is 11.7 Å². The number of carboxylic acids is 1. The Morgan fingerprint density at radius 2 is 2.32 bits per heavy atom. The Balaban J connectivity index is 2.02. The summed E-state index contributed by atoms with van der Waals surface area (Å²) in [4.78, 5) is 22.8. The zero-order chi connectivity index (χ0) is 14.0. The van der Waals surface area contributed by atoms with Gasteiger partial charge in [0.25, 0.3) is 5.91 Å². The van der Waals surface area contributed by atoms with Gasteiger partial charge in [-0.25, -0.2) is 4.79 Å². The Morgan fingerprint density at radius 1 is 1.63 bits per heavy atom. The standard InChI is InChI=1S/C12H17N3O4/c1-15-10(7-3-4-7)8(5-14-15)11(16)13-6-9(19-2)12(17)18/h5,7,9H,3-4,6H2,1-2H3,(H,13,16)(H,17,18). The van der Waals surface area contributed by atoms with Gasteiger partial charge in [-0.2, -0.15) is 5.10 Å². The van der Waals surface area contributed by atoms with Gasteiger partial charge >= 0.3 is 5.97 Å². The predicted molar refractivity (Wildman–Crippen MR) is 65.9 cm³/mol. The van der Waals surface area contributed by atoms with Crippen LogP contribution >= 0.6 is 0 Å². The third kappa shape index (κ3) is 2.93. The molecular formula is C12H17N3O4. The van der Waals surface area contributed by atoms with E-state index in [1.807, 2.05) is 0 Å². The van der Waals surface area contributed by atoms with Gasteiger partial charge in [-0.1, -0.05) is 0 Å². The maximum atomic E-state index is 12.0. The highest BCUT2D eigenvalue weighted by Gasteiger charge is 2.31. The minimum atomic E-state index is -1.10. The summed E-state index contributed by atoms with van der Waals surface area (Å²) in [6.07, 6.45) is 2.61. The van der Waals surface area contributed by atoms with Crippen LogP contribution in [-0.2, 0) is 16.6 Å². The van der Waals surface area contributed by atoms with Crippen LogP contribution in [0.15, 0.2) is 6.20 Å². The second-order valence-corrected chi connectivity index (χ2v) is 4.61. The first kappa shape index (κ1) is 13.5. The summed E-state index contributed by atoms with van der Waals surface area (Å²) in [5, 5.41) is 15.5. The van der Waals surface area contributed by atoms with E-state index in [4.69, 9.17) is 9.84 Å². The fourth-order valence-electron chi connectivity index (χ4n) is 2.01. The van der Waals surface area contributed by atoms with Crippen molar-refractivity contribution >= 4 is 11.9 Å². The molecule has 0 bridgehead atoms. The minimum Gasteiger partial charge on any atom is -0.479 e. The number of aliphatic carboxylic acids is 1. The van der Waals surface area contributed by atoms with Crippen LogP contribution in [0.4, 0.5) is 0 Å². The molecule has 19 heavy (non-hydrogen) atoms. The maximum absolute atomic E-state index is 12.0. The third-order valence-electron chi connectivity index (χ3n) is 3.20. The van der Waals surface area contributed by atoms with Gasteiger partial charge in [-0.05, 0) is 12.8 Å². The molecule has 1 heterocycles. The van der Waals surface area contributed by atoms with E-state index in [0.717, 1.165) is 18.5 Å². The zero-order valence-electron chi connectivity index (χ0n) is 10.9. The Kier molecular flexibility index (Phi) is 3.84. The topological polar surface area (TPSA) is 93.5 Å². The first-order valence-electron chi connectivity index (χ1n) is 6.10. The largest absolute Gasteiger partial charge is 0.479 e. The number of nitrogens with zero attached hydrogens (tertiary/aromatic N) is 2. The Labute approximate surface area is 110 Å². The fourth-order valence-corrected chi connectivity index (χ4v) is 2.01. The number of hydrogen-bond acceptors (Lipinski definition) is 4. The molecule has 1 amide bonds. The number of carbonyl (C=O) groups excluding carboxylic acids is 1. The highest BCUT2D eigenvalue weighted by molar-refractivity contribution is 5.95. The minimum absolute atomic E-state index is 0.0658. The molecule has 7 heteroatoms. The van der Waals surface area contributed by atoms with E-state index in [9.17, 15) is 9.59 Å². The van der Waals surface area contributed by atoms with Crippen LogP contribution in [0.1, 0.15) is 34.8 Å². The quantitative estimate of drug-likeness (QED) is 0.764. The van der Waals surface area contributed by atoms with E-state index < -0.39 is 12.1 Å². The lowest BCUT2D eigenvalue weighted by atomic mass is 10.1. The number of hydrogen-bond donors (Lipinski definition) is 2. The average Bonchev–Trinajstić information content (AvgIpc) is 3.12. The van der Waals surface area contributed by atoms with Crippen molar-refractivity contribution in [3.63, 3.8) is 0 Å². The van der Waals surface area contributed by atoms with E-state index >= 15 is 0 Å². The van der Waals surface area contributed by atoms with Crippen LogP contribution in [0.25, 0.3) is 0 Å². The molecule has 2 N–H and O–H groups in total. The molecular weight excluding hydrogens is 250 g/mol. The molecule has 1 unspecified atom stereocenters. The van der Waals surface area contributed by atoms with Crippen molar-refractivity contribution in [2.24, 2.45) is 7.05 Å². The van der Waals surface area contributed by atoms with Crippen molar-refractivity contribution < 1.29 is 19.4 Å². The van der Waals surface area contributed by atoms with Crippen LogP contribution in [0.5, 0.6) is 0 Å². The second kappa shape index (κ2) is 5.40. The summed E-state index contributed by atoms with van der Waals surface area (Å²) in [6, 6.07) is 0. The summed E-state index contributed by atoms with van der Waals surface area (Å²) < 4.78 is 6.46. The first-order valence-corrected chi connectivity index (χ1v) is 6.10. The Bertz CT molecular complexity index is 493. The molecule has 0 aromatic carbocycles. The molecule has 1 saturated carbocycles. The summed E-state index contributed by atoms with van der Waals surface area (Å²) in [6.45, 7) is -0.0658. The lowest BCUT2D eigenvalue weighted by molar-refractivity contribution is -0.148. The van der Waals surface area contributed by atoms with Gasteiger partial charge in [0.05, 0.1) is 24.0 Å². The molecule has 1 atom stereocenters. The van der Waals surface area contributed by atoms with Gasteiger partial charge in [0.1, 0.15) is 0 Å². The molecule has 1 aromatic heterocycles. The molecule has 2 rings (SSSR count). The van der Waals surface area contributed by atoms with Crippen LogP contribution < -0.4 is 5.32 Å². The Morgan fingerprint density at radius 3 is 2.84 bits per heavy atom. The summed E-state index contributed by atoms with van der Waals surface area (Å²) >= 11 is 0. The highest BCUT2D eigenvalue weighted by atomic mass is 16.5. The molecule has 1 fully saturated rings. The fraction of sp³-hybridized carbons (Fsp3) is 0.583. The second-order valence-electron chi connectivity index (χ2n) is 4.61. The van der Waals surface area contributed by atoms with Gasteiger partial charge in [0.15, 0.2) is 6.10 Å². The first-order chi connectivity index (χ1) is 9.04. The molecule has 0 aliphatic heterocycles. The van der Waals surface area contributed by atoms with Crippen LogP contribution in [0.2, 0.25) is 0 Å². The van der Waals surface area contributed by atoms with Gasteiger partial charge in [0, 0.05) is 20.1 Å². The molecule has 104 valence electrons. The summed E-state index contributed by atoms with van der Waals surface area (Å²) in [5.74, 6) is -1.01. The van der Waals surface area contributed by atoms with E-state index in [2.05, 4.69) is 10.4 Å². The molecule has 1 aromatic rings. The maximum Gasteiger partial charge on any atom is 0.334 e. The van der Waals surface area contributed by atoms with Crippen molar-refractivity contribution in [2.45, 2.75) is 24.9 Å². The van der Waals surface area contributed by atoms with E-state index in [-0.39, 0.29) is 12.5 Å². The number of amides is 1. The van der Waals surface area contributed by atoms with Crippen LogP contribution in [0, 0.1) is 0 Å². The predicted octanol–water partition coefficient (Wildman–Crippen LogP) is 0.127. The molecule has 1 aliphatic rings. The molecule has 0 saturated heterocycles. The molecule has 0 spiro atoms. The van der Waals surface area contributed by atoms with Crippen molar-refractivity contribution in [1.29, 1.82) is 0 Å². The highest BCUT2D eigenvalue weighted by Crippen LogP contribution is 2.41. The SMILES string of the molecule is COC(CNC(=O)c1cnn(C)c1C1CC1)C(=O)O. The lowest BCUT2D eigenvalue weighted by Crippen LogP contribution is -2.38. The van der Waals surface area contributed by atoms with E-state index in [1.165, 1.54) is 13.3 Å². The normalized spacial score (nSPS) is 16.1. The number of aryl methyl sites for hydroxylation is 1. The monoisotopic (exact) mass is 267 g/mol. The lowest BCUT2D eigenvalue weighted by Gasteiger charge is -2.11. The number of rotatable bonds is 6. The van der Waals surface area contributed by atoms with Crippen molar-refractivity contribution in [2.75, 3.05) is 13.7 Å². The zero-order valence-corrected chi connectivity index (χ0v) is 10.9. The van der Waals surface area contributed by atoms with Gasteiger partial charge in [-0.3, -0.25) is 9.48 Å². The van der Waals surface area contributed by atoms with Crippen molar-refractivity contribution in [3.05, 3.63) is 17.5 Å². The number of carbonyl (C=O) groups is 2. The molecule has 0 radical (unpaired) electrons. The number of carboxylic acid groups (broad SMARTS) is 1. The van der Waals surface area contributed by atoms with Crippen molar-refractivity contribution in [3.8, 4) is 0 Å². The van der Waals surface area contributed by atoms with Crippen LogP contribution in [-0.4, -0.2) is 46.5 Å². The molecule has 1 aliphatic carbocycles. The van der Waals surface area contributed by atoms with Crippen molar-refractivity contribution in [1.82, 2.24) is 15.1 Å². The number of methoxy groups -OCH3 is 1. The Hall–Kier alpha value is -1.89. The van der Waals surface area contributed by atoms with Gasteiger partial charge in [0.2, 0.25) is 0 Å². The van der Waals surface area contributed by atoms with Gasteiger partial charge in [-0.15, -0.1) is 0 Å². The summed E-state index contributed by atoms with van der Waals surface area (Å²) in [5.41, 5.74) is 1.44. The van der Waals surface area contributed by atoms with E-state index in [0.29, 0.717) is 11.5 Å². The van der Waals surface area contributed by atoms with Gasteiger partial charge < -0.3 is 15.2 Å².